The summed E-state index contributed by atoms with van der Waals surface area (Å²) in [5.74, 6) is 0. The van der Waals surface area contributed by atoms with Gasteiger partial charge in [0, 0.05) is 61.1 Å². The number of para-hydroxylation sites is 3. The molecular weight excluding hydrogens is 1160 g/mol. The zero-order valence-electron chi connectivity index (χ0n) is 60.4. The Kier molecular flexibility index (Phi) is 11.6. The van der Waals surface area contributed by atoms with Crippen molar-refractivity contribution in [1.82, 2.24) is 9.13 Å². The van der Waals surface area contributed by atoms with Crippen LogP contribution in [-0.2, 0) is 16.2 Å². The van der Waals surface area contributed by atoms with E-state index in [4.69, 9.17) is 8.53 Å². The van der Waals surface area contributed by atoms with Crippen LogP contribution in [0.5, 0.6) is 0 Å². The highest BCUT2D eigenvalue weighted by molar-refractivity contribution is 7.00. The van der Waals surface area contributed by atoms with E-state index in [0.29, 0.717) is 5.56 Å². The first-order valence-corrected chi connectivity index (χ1v) is 33.5. The maximum absolute atomic E-state index is 9.53. The fourth-order valence-corrected chi connectivity index (χ4v) is 15.6. The van der Waals surface area contributed by atoms with Crippen LogP contribution in [0.15, 0.2) is 283 Å². The number of aromatic nitrogens is 2. The number of anilines is 6. The summed E-state index contributed by atoms with van der Waals surface area (Å²) in [5.41, 5.74) is 24.6. The smallest absolute Gasteiger partial charge is 0.252 e. The van der Waals surface area contributed by atoms with Gasteiger partial charge >= 0.3 is 0 Å². The molecular formula is C90H73BN4O. The Morgan fingerprint density at radius 2 is 0.812 bits per heavy atom. The number of furan rings is 1. The number of rotatable bonds is 7. The highest BCUT2D eigenvalue weighted by Crippen LogP contribution is 2.53. The van der Waals surface area contributed by atoms with Crippen molar-refractivity contribution >= 4 is 123 Å². The molecule has 0 saturated heterocycles. The lowest BCUT2D eigenvalue weighted by molar-refractivity contribution is 0.590. The second-order valence-electron chi connectivity index (χ2n) is 29.4. The van der Waals surface area contributed by atoms with E-state index < -0.39 is 18.2 Å². The third-order valence-electron chi connectivity index (χ3n) is 20.4. The molecule has 96 heavy (non-hydrogen) atoms. The van der Waals surface area contributed by atoms with Crippen molar-refractivity contribution in [3.05, 3.63) is 296 Å². The molecule has 0 unspecified atom stereocenters. The standard InChI is InChI=1S/C90H73BN4O/c1-88(2,3)62-39-44-74-69(51-62)70-52-63(89(4,5)6)40-45-75(70)93(74)66-41-43-72-77(55-66)95(79-48-60(57-28-16-11-17-29-57)47-78-85(79)67-34-22-24-36-73(67)92(78)65-32-20-13-21-33-65)82-54-64(90(7,8)9)53-81-87(82)91(72)71-42-38-59(56-26-14-10-15-27-56)46-76(71)94(81)80-49-61(58-30-18-12-19-31-58)50-84-86(80)68-35-23-25-37-83(68)96-84/h10-55H,1-9H3/i10D,14D,15D,26D,27D. The summed E-state index contributed by atoms with van der Waals surface area (Å²) in [6.07, 6.45) is 0. The monoisotopic (exact) mass is 1240 g/mol. The van der Waals surface area contributed by atoms with Crippen molar-refractivity contribution in [2.24, 2.45) is 0 Å². The van der Waals surface area contributed by atoms with E-state index >= 15 is 0 Å². The number of benzene rings is 13. The van der Waals surface area contributed by atoms with Gasteiger partial charge in [-0.2, -0.15) is 0 Å². The fourth-order valence-electron chi connectivity index (χ4n) is 15.6. The third kappa shape index (κ3) is 8.98. The summed E-state index contributed by atoms with van der Waals surface area (Å²) in [5, 5.41) is 6.51. The zero-order valence-corrected chi connectivity index (χ0v) is 55.4. The van der Waals surface area contributed by atoms with Crippen molar-refractivity contribution in [2.45, 2.75) is 78.6 Å². The van der Waals surface area contributed by atoms with Crippen molar-refractivity contribution in [3.63, 3.8) is 0 Å². The van der Waals surface area contributed by atoms with Crippen molar-refractivity contribution in [1.29, 1.82) is 0 Å². The maximum Gasteiger partial charge on any atom is 0.252 e. The first kappa shape index (κ1) is 52.3. The molecule has 5 heterocycles. The SMILES string of the molecule is [2H]c1c([2H])c([2H])c(-c2ccc3c(c2)N(c2cc(-c4ccccc4)cc4oc5ccccc5c24)c2cc(C(C)(C)C)cc4c2B3c2ccc(-n3c5ccc(C(C)(C)C)cc5c5cc(C(C)(C)C)ccc53)cc2N4c2cc(-c3ccccc3)cc3c2c2ccccc2n3-c2ccccc2)c([2H])c1[2H]. The molecule has 16 aromatic rings. The number of nitrogens with zero attached hydrogens (tertiary/aromatic N) is 4. The minimum absolute atomic E-state index is 0.0949. The number of hydrogen-bond donors (Lipinski definition) is 0. The molecule has 6 heteroatoms. The summed E-state index contributed by atoms with van der Waals surface area (Å²) < 4.78 is 57.8. The molecule has 2 aliphatic heterocycles. The van der Waals surface area contributed by atoms with Crippen molar-refractivity contribution < 1.29 is 11.3 Å². The largest absolute Gasteiger partial charge is 0.456 e. The van der Waals surface area contributed by atoms with Crippen molar-refractivity contribution in [3.8, 4) is 44.8 Å². The molecule has 13 aromatic carbocycles. The Morgan fingerprint density at radius 1 is 0.312 bits per heavy atom. The van der Waals surface area contributed by atoms with E-state index in [1.165, 1.54) is 21.9 Å². The molecule has 0 amide bonds. The molecule has 18 rings (SSSR count). The molecule has 462 valence electrons. The molecule has 0 saturated carbocycles. The van der Waals surface area contributed by atoms with E-state index in [0.717, 1.165) is 144 Å². The van der Waals surface area contributed by atoms with Crippen LogP contribution in [0.4, 0.5) is 34.1 Å². The molecule has 5 nitrogen and oxygen atoms in total. The van der Waals surface area contributed by atoms with E-state index in [-0.39, 0.29) is 40.6 Å². The molecule has 3 aromatic heterocycles. The zero-order chi connectivity index (χ0) is 69.4. The van der Waals surface area contributed by atoms with E-state index in [2.05, 4.69) is 306 Å². The predicted molar refractivity (Wildman–Crippen MR) is 409 cm³/mol. The second kappa shape index (κ2) is 21.2. The average molecular weight is 1240 g/mol. The minimum Gasteiger partial charge on any atom is -0.456 e. The first-order valence-electron chi connectivity index (χ1n) is 36.0. The van der Waals surface area contributed by atoms with Crippen LogP contribution in [0.1, 0.15) is 85.9 Å². The second-order valence-corrected chi connectivity index (χ2v) is 29.4. The van der Waals surface area contributed by atoms with E-state index in [1.54, 1.807) is 0 Å². The fraction of sp³-hybridized carbons (Fsp3) is 0.133. The molecule has 0 atom stereocenters. The van der Waals surface area contributed by atoms with Gasteiger partial charge in [0.15, 0.2) is 0 Å². The summed E-state index contributed by atoms with van der Waals surface area (Å²) in [6.45, 7) is 20.2. The van der Waals surface area contributed by atoms with Crippen LogP contribution in [0, 0.1) is 0 Å². The quantitative estimate of drug-likeness (QED) is 0.149. The molecule has 0 aliphatic carbocycles. The van der Waals surface area contributed by atoms with Crippen LogP contribution in [0.25, 0.3) is 110 Å². The van der Waals surface area contributed by atoms with Gasteiger partial charge in [0.05, 0.1) is 45.7 Å². The van der Waals surface area contributed by atoms with Gasteiger partial charge in [0.1, 0.15) is 11.2 Å². The topological polar surface area (TPSA) is 29.5 Å². The van der Waals surface area contributed by atoms with Crippen molar-refractivity contribution in [2.75, 3.05) is 9.80 Å². The van der Waals surface area contributed by atoms with Gasteiger partial charge in [-0.15, -0.1) is 0 Å². The summed E-state index contributed by atoms with van der Waals surface area (Å²) in [4.78, 5) is 5.02. The lowest BCUT2D eigenvalue weighted by Crippen LogP contribution is -2.61. The summed E-state index contributed by atoms with van der Waals surface area (Å²) in [6, 6.07) is 89.0. The Balaban J connectivity index is 1.02. The summed E-state index contributed by atoms with van der Waals surface area (Å²) >= 11 is 0. The number of hydrogen-bond acceptors (Lipinski definition) is 3. The minimum atomic E-state index is -0.435. The average Bonchev–Trinajstić information content (AvgIpc) is 1.26. The third-order valence-corrected chi connectivity index (χ3v) is 20.4. The molecule has 0 spiro atoms. The highest BCUT2D eigenvalue weighted by atomic mass is 16.3. The Labute approximate surface area is 568 Å². The van der Waals surface area contributed by atoms with Crippen LogP contribution < -0.4 is 26.2 Å². The molecule has 0 radical (unpaired) electrons. The Morgan fingerprint density at radius 3 is 1.43 bits per heavy atom. The van der Waals surface area contributed by atoms with Crippen LogP contribution >= 0.6 is 0 Å². The number of fused-ring (bicyclic) bond motifs is 13. The van der Waals surface area contributed by atoms with Gasteiger partial charge < -0.3 is 23.4 Å². The van der Waals surface area contributed by atoms with Gasteiger partial charge in [-0.25, -0.2) is 0 Å². The Hall–Kier alpha value is -11.1. The van der Waals surface area contributed by atoms with Gasteiger partial charge in [-0.1, -0.05) is 238 Å². The molecule has 0 bridgehead atoms. The molecule has 0 N–H and O–H groups in total. The molecule has 0 fully saturated rings. The normalized spacial score (nSPS) is 13.9. The van der Waals surface area contributed by atoms with Crippen LogP contribution in [0.2, 0.25) is 0 Å². The highest BCUT2D eigenvalue weighted by Gasteiger charge is 2.46. The van der Waals surface area contributed by atoms with Gasteiger partial charge in [0.25, 0.3) is 6.71 Å². The van der Waals surface area contributed by atoms with Gasteiger partial charge in [-0.05, 0) is 186 Å². The summed E-state index contributed by atoms with van der Waals surface area (Å²) in [7, 11) is 0. The van der Waals surface area contributed by atoms with Gasteiger partial charge in [0.2, 0.25) is 0 Å². The van der Waals surface area contributed by atoms with Crippen LogP contribution in [0.3, 0.4) is 0 Å². The van der Waals surface area contributed by atoms with Gasteiger partial charge in [-0.3, -0.25) is 0 Å². The first-order chi connectivity index (χ1) is 48.6. The lowest BCUT2D eigenvalue weighted by Gasteiger charge is -2.45. The lowest BCUT2D eigenvalue weighted by atomic mass is 9.33. The molecule has 2 aliphatic rings. The predicted octanol–water partition coefficient (Wildman–Crippen LogP) is 22.8. The van der Waals surface area contributed by atoms with E-state index in [9.17, 15) is 2.74 Å². The maximum atomic E-state index is 9.53. The Bertz CT molecular complexity index is 6070. The van der Waals surface area contributed by atoms with Crippen LogP contribution in [-0.4, -0.2) is 15.8 Å². The van der Waals surface area contributed by atoms with E-state index in [1.807, 2.05) is 24.3 Å².